The summed E-state index contributed by atoms with van der Waals surface area (Å²) < 4.78 is 23.9. The molecule has 10 heteroatoms. The number of esters is 1. The van der Waals surface area contributed by atoms with Gasteiger partial charge in [-0.15, -0.1) is 0 Å². The van der Waals surface area contributed by atoms with Crippen LogP contribution in [0.4, 0.5) is 4.79 Å². The Labute approximate surface area is 315 Å². The molecule has 2 N–H and O–H groups in total. The van der Waals surface area contributed by atoms with E-state index in [9.17, 15) is 14.4 Å². The van der Waals surface area contributed by atoms with E-state index >= 15 is 0 Å². The second-order valence-electron chi connectivity index (χ2n) is 14.2. The minimum absolute atomic E-state index is 0.0308. The average Bonchev–Trinajstić information content (AvgIpc) is 3.16. The maximum absolute atomic E-state index is 14.1. The average molecular weight is 739 g/mol. The van der Waals surface area contributed by atoms with Gasteiger partial charge in [-0.05, 0) is 51.0 Å². The molecule has 0 aliphatic carbocycles. The minimum Gasteiger partial charge on any atom is -0.489 e. The van der Waals surface area contributed by atoms with Gasteiger partial charge in [-0.3, -0.25) is 4.79 Å². The van der Waals surface area contributed by atoms with Crippen molar-refractivity contribution in [3.05, 3.63) is 138 Å². The highest BCUT2D eigenvalue weighted by Crippen LogP contribution is 2.42. The summed E-state index contributed by atoms with van der Waals surface area (Å²) in [6.45, 7) is 13.4. The monoisotopic (exact) mass is 738 g/mol. The van der Waals surface area contributed by atoms with Crippen molar-refractivity contribution in [3.63, 3.8) is 0 Å². The van der Waals surface area contributed by atoms with E-state index in [4.69, 9.17) is 18.6 Å². The summed E-state index contributed by atoms with van der Waals surface area (Å²) in [4.78, 5) is 41.0. The zero-order chi connectivity index (χ0) is 38.2. The van der Waals surface area contributed by atoms with E-state index in [-0.39, 0.29) is 42.9 Å². The van der Waals surface area contributed by atoms with Gasteiger partial charge in [0, 0.05) is 6.42 Å². The lowest BCUT2D eigenvalue weighted by atomic mass is 10.0. The number of nitrogens with one attached hydrogen (secondary N) is 2. The standard InChI is InChI=1S/C43H54N2O7Si/c1-31(2)53(32(3)4,33(5)6)52-30-40(42(47)50-28-36-18-12-8-13-19-36)44-41(46)39(45-43(48)51-29-37-20-14-9-15-21-37)26-34-22-24-38(25-23-34)49-27-35-16-10-7-11-17-35/h7-25,31-33,39-40H,26-30H2,1-6H3,(H,44,46)(H,45,48)/t39-,40-/m0/s1. The van der Waals surface area contributed by atoms with Crippen molar-refractivity contribution >= 4 is 26.3 Å². The van der Waals surface area contributed by atoms with Crippen LogP contribution in [0.15, 0.2) is 115 Å². The molecule has 4 aromatic carbocycles. The third kappa shape index (κ3) is 12.3. The molecule has 282 valence electrons. The van der Waals surface area contributed by atoms with E-state index in [1.165, 1.54) is 0 Å². The Balaban J connectivity index is 1.54. The number of rotatable bonds is 19. The van der Waals surface area contributed by atoms with Crippen molar-refractivity contribution in [2.45, 2.75) is 96.5 Å². The topological polar surface area (TPSA) is 112 Å². The van der Waals surface area contributed by atoms with E-state index in [0.29, 0.717) is 12.4 Å². The lowest BCUT2D eigenvalue weighted by molar-refractivity contribution is -0.150. The molecular formula is C43H54N2O7Si. The Hall–Kier alpha value is -4.93. The molecule has 9 nitrogen and oxygen atoms in total. The molecular weight excluding hydrogens is 685 g/mol. The van der Waals surface area contributed by atoms with Crippen LogP contribution in [-0.4, -0.2) is 45.0 Å². The quantitative estimate of drug-likeness (QED) is 0.0733. The highest BCUT2D eigenvalue weighted by Gasteiger charge is 2.46. The highest BCUT2D eigenvalue weighted by molar-refractivity contribution is 6.77. The summed E-state index contributed by atoms with van der Waals surface area (Å²) in [5, 5.41) is 5.62. The first-order valence-corrected chi connectivity index (χ1v) is 20.5. The predicted molar refractivity (Wildman–Crippen MR) is 210 cm³/mol. The third-order valence-electron chi connectivity index (χ3n) is 9.46. The van der Waals surface area contributed by atoms with E-state index in [0.717, 1.165) is 22.3 Å². The van der Waals surface area contributed by atoms with Gasteiger partial charge in [0.25, 0.3) is 0 Å². The highest BCUT2D eigenvalue weighted by atomic mass is 28.4. The van der Waals surface area contributed by atoms with Crippen molar-refractivity contribution in [3.8, 4) is 5.75 Å². The van der Waals surface area contributed by atoms with Crippen LogP contribution >= 0.6 is 0 Å². The molecule has 0 heterocycles. The van der Waals surface area contributed by atoms with Gasteiger partial charge in [-0.2, -0.15) is 0 Å². The summed E-state index contributed by atoms with van der Waals surface area (Å²) >= 11 is 0. The van der Waals surface area contributed by atoms with Gasteiger partial charge in [-0.1, -0.05) is 145 Å². The lowest BCUT2D eigenvalue weighted by Crippen LogP contribution is -2.56. The number of carbonyl (C=O) groups is 3. The summed E-state index contributed by atoms with van der Waals surface area (Å²) in [6, 6.07) is 33.6. The van der Waals surface area contributed by atoms with Gasteiger partial charge in [0.15, 0.2) is 8.32 Å². The fourth-order valence-electron chi connectivity index (χ4n) is 6.81. The summed E-state index contributed by atoms with van der Waals surface area (Å²) in [5.74, 6) is -0.519. The molecule has 0 bridgehead atoms. The zero-order valence-corrected chi connectivity index (χ0v) is 32.7. The summed E-state index contributed by atoms with van der Waals surface area (Å²) in [5.41, 5.74) is 4.21. The zero-order valence-electron chi connectivity index (χ0n) is 31.7. The summed E-state index contributed by atoms with van der Waals surface area (Å²) in [6.07, 6.45) is -0.636. The van der Waals surface area contributed by atoms with Crippen LogP contribution in [0.25, 0.3) is 0 Å². The molecule has 2 atom stereocenters. The number of benzene rings is 4. The maximum atomic E-state index is 14.1. The molecule has 0 aliphatic rings. The van der Waals surface area contributed by atoms with E-state index in [1.54, 1.807) is 0 Å². The van der Waals surface area contributed by atoms with E-state index in [2.05, 4.69) is 52.2 Å². The van der Waals surface area contributed by atoms with Gasteiger partial charge in [0.1, 0.15) is 37.7 Å². The van der Waals surface area contributed by atoms with Crippen LogP contribution in [-0.2, 0) is 49.7 Å². The first kappa shape index (κ1) is 40.8. The molecule has 0 saturated heterocycles. The maximum Gasteiger partial charge on any atom is 0.408 e. The molecule has 4 rings (SSSR count). The Bertz CT molecular complexity index is 1680. The molecule has 4 aromatic rings. The molecule has 0 spiro atoms. The van der Waals surface area contributed by atoms with Gasteiger partial charge in [0.2, 0.25) is 5.91 Å². The van der Waals surface area contributed by atoms with E-state index < -0.39 is 38.4 Å². The van der Waals surface area contributed by atoms with Crippen LogP contribution in [0.5, 0.6) is 5.75 Å². The normalized spacial score (nSPS) is 12.6. The Morgan fingerprint density at radius 3 is 1.51 bits per heavy atom. The van der Waals surface area contributed by atoms with Gasteiger partial charge < -0.3 is 29.3 Å². The number of ether oxygens (including phenoxy) is 3. The summed E-state index contributed by atoms with van der Waals surface area (Å²) in [7, 11) is -2.43. The number of hydrogen-bond acceptors (Lipinski definition) is 7. The fourth-order valence-corrected chi connectivity index (χ4v) is 12.3. The largest absolute Gasteiger partial charge is 0.489 e. The lowest BCUT2D eigenvalue weighted by Gasteiger charge is -2.42. The van der Waals surface area contributed by atoms with Gasteiger partial charge in [-0.25, -0.2) is 9.59 Å². The second kappa shape index (κ2) is 20.3. The Morgan fingerprint density at radius 1 is 0.547 bits per heavy atom. The molecule has 0 aromatic heterocycles. The van der Waals surface area contributed by atoms with Crippen molar-refractivity contribution in [1.29, 1.82) is 0 Å². The van der Waals surface area contributed by atoms with Crippen LogP contribution in [0.1, 0.15) is 63.8 Å². The number of alkyl carbamates (subject to hydrolysis) is 1. The van der Waals surface area contributed by atoms with Gasteiger partial charge in [0.05, 0.1) is 6.61 Å². The molecule has 53 heavy (non-hydrogen) atoms. The number of carbonyl (C=O) groups excluding carboxylic acids is 3. The van der Waals surface area contributed by atoms with Crippen molar-refractivity contribution in [2.24, 2.45) is 0 Å². The number of amides is 2. The van der Waals surface area contributed by atoms with Crippen LogP contribution in [0, 0.1) is 0 Å². The number of hydrogen-bond donors (Lipinski definition) is 2. The second-order valence-corrected chi connectivity index (χ2v) is 19.6. The SMILES string of the molecule is CC(C)[Si](OC[C@H](NC(=O)[C@H](Cc1ccc(OCc2ccccc2)cc1)NC(=O)OCc1ccccc1)C(=O)OCc1ccccc1)(C(C)C)C(C)C. The molecule has 0 fully saturated rings. The molecule has 0 saturated carbocycles. The Kier molecular flexibility index (Phi) is 15.7. The predicted octanol–water partition coefficient (Wildman–Crippen LogP) is 8.52. The molecule has 0 aliphatic heterocycles. The van der Waals surface area contributed by atoms with Crippen LogP contribution < -0.4 is 15.4 Å². The molecule has 0 unspecified atom stereocenters. The smallest absolute Gasteiger partial charge is 0.408 e. The van der Waals surface area contributed by atoms with E-state index in [1.807, 2.05) is 115 Å². The third-order valence-corrected chi connectivity index (χ3v) is 15.5. The first-order valence-electron chi connectivity index (χ1n) is 18.4. The van der Waals surface area contributed by atoms with Crippen molar-refractivity contribution < 1.29 is 33.0 Å². The molecule has 2 amide bonds. The van der Waals surface area contributed by atoms with Crippen molar-refractivity contribution in [1.82, 2.24) is 10.6 Å². The Morgan fingerprint density at radius 2 is 1.02 bits per heavy atom. The van der Waals surface area contributed by atoms with Crippen LogP contribution in [0.2, 0.25) is 16.6 Å². The van der Waals surface area contributed by atoms with Gasteiger partial charge >= 0.3 is 12.1 Å². The van der Waals surface area contributed by atoms with Crippen LogP contribution in [0.3, 0.4) is 0 Å². The minimum atomic E-state index is -2.43. The first-order chi connectivity index (χ1) is 25.5. The molecule has 0 radical (unpaired) electrons. The fraction of sp³-hybridized carbons (Fsp3) is 0.372. The van der Waals surface area contributed by atoms with Crippen molar-refractivity contribution in [2.75, 3.05) is 6.61 Å².